The van der Waals surface area contributed by atoms with Crippen molar-refractivity contribution in [2.45, 2.75) is 44.7 Å². The first-order valence-corrected chi connectivity index (χ1v) is 11.6. The van der Waals surface area contributed by atoms with Crippen molar-refractivity contribution in [1.29, 1.82) is 0 Å². The van der Waals surface area contributed by atoms with Crippen molar-refractivity contribution in [3.05, 3.63) is 47.3 Å². The van der Waals surface area contributed by atoms with E-state index in [2.05, 4.69) is 20.4 Å². The lowest BCUT2D eigenvalue weighted by Crippen LogP contribution is -2.53. The number of hydrogen-bond acceptors (Lipinski definition) is 5. The molecule has 1 saturated carbocycles. The number of aromatic nitrogens is 3. The van der Waals surface area contributed by atoms with E-state index in [4.69, 9.17) is 0 Å². The minimum Gasteiger partial charge on any atom is -0.349 e. The Hall–Kier alpha value is -2.81. The van der Waals surface area contributed by atoms with E-state index in [1.807, 2.05) is 4.57 Å². The summed E-state index contributed by atoms with van der Waals surface area (Å²) >= 11 is 0. The Bertz CT molecular complexity index is 1000. The molecule has 0 unspecified atom stereocenters. The number of piperazine rings is 1. The van der Waals surface area contributed by atoms with Gasteiger partial charge in [0, 0.05) is 44.8 Å². The smallest absolute Gasteiger partial charge is 0.289 e. The molecule has 1 aromatic heterocycles. The first-order valence-electron chi connectivity index (χ1n) is 11.6. The summed E-state index contributed by atoms with van der Waals surface area (Å²) in [7, 11) is 0. The number of carbonyl (C=O) groups is 2. The van der Waals surface area contributed by atoms with Gasteiger partial charge < -0.3 is 14.8 Å². The van der Waals surface area contributed by atoms with Crippen LogP contribution in [0.5, 0.6) is 0 Å². The summed E-state index contributed by atoms with van der Waals surface area (Å²) in [5, 5.41) is 11.6. The summed E-state index contributed by atoms with van der Waals surface area (Å²) in [5.74, 6) is 0.834. The van der Waals surface area contributed by atoms with Crippen LogP contribution >= 0.6 is 0 Å². The van der Waals surface area contributed by atoms with Crippen molar-refractivity contribution in [3.63, 3.8) is 0 Å². The molecule has 2 aliphatic heterocycles. The van der Waals surface area contributed by atoms with Crippen molar-refractivity contribution in [1.82, 2.24) is 29.9 Å². The van der Waals surface area contributed by atoms with Gasteiger partial charge in [0.2, 0.25) is 5.82 Å². The van der Waals surface area contributed by atoms with Gasteiger partial charge in [-0.05, 0) is 37.0 Å². The molecule has 32 heavy (non-hydrogen) atoms. The van der Waals surface area contributed by atoms with Gasteiger partial charge in [-0.15, -0.1) is 10.2 Å². The molecule has 2 aromatic rings. The van der Waals surface area contributed by atoms with Crippen LogP contribution in [0.15, 0.2) is 24.3 Å². The Morgan fingerprint density at radius 2 is 1.88 bits per heavy atom. The van der Waals surface area contributed by atoms with Crippen molar-refractivity contribution in [3.8, 4) is 0 Å². The van der Waals surface area contributed by atoms with Gasteiger partial charge in [0.1, 0.15) is 5.82 Å². The van der Waals surface area contributed by atoms with Gasteiger partial charge in [-0.1, -0.05) is 25.3 Å². The summed E-state index contributed by atoms with van der Waals surface area (Å²) in [6, 6.07) is 5.67. The predicted molar refractivity (Wildman–Crippen MR) is 116 cm³/mol. The molecule has 3 aliphatic rings. The summed E-state index contributed by atoms with van der Waals surface area (Å²) < 4.78 is 15.5. The van der Waals surface area contributed by atoms with E-state index in [0.29, 0.717) is 50.0 Å². The minimum absolute atomic E-state index is 0.123. The molecule has 1 atom stereocenters. The van der Waals surface area contributed by atoms with Gasteiger partial charge >= 0.3 is 0 Å². The second-order valence-electron chi connectivity index (χ2n) is 9.06. The van der Waals surface area contributed by atoms with Crippen LogP contribution in [-0.4, -0.2) is 69.1 Å². The molecule has 3 heterocycles. The van der Waals surface area contributed by atoms with Crippen LogP contribution in [0.1, 0.15) is 64.9 Å². The third-order valence-corrected chi connectivity index (χ3v) is 7.02. The van der Waals surface area contributed by atoms with Crippen molar-refractivity contribution >= 4 is 11.8 Å². The summed E-state index contributed by atoms with van der Waals surface area (Å²) in [6.45, 7) is 3.85. The number of hydrogen-bond donors (Lipinski definition) is 1. The average Bonchev–Trinajstić information content (AvgIpc) is 3.27. The largest absolute Gasteiger partial charge is 0.349 e. The number of rotatable bonds is 4. The molecule has 0 bridgehead atoms. The van der Waals surface area contributed by atoms with Crippen molar-refractivity contribution < 1.29 is 14.0 Å². The predicted octanol–water partition coefficient (Wildman–Crippen LogP) is 2.24. The first kappa shape index (κ1) is 21.1. The Balaban J connectivity index is 1.28. The summed E-state index contributed by atoms with van der Waals surface area (Å²) in [6.07, 6.45) is 6.11. The van der Waals surface area contributed by atoms with Crippen LogP contribution in [0.4, 0.5) is 4.39 Å². The quantitative estimate of drug-likeness (QED) is 0.789. The molecule has 1 N–H and O–H groups in total. The standard InChI is InChI=1S/C23H29FN6O2/c24-18-8-4-7-17(13-18)23(32)29-10-9-28-11-12-30-20(19(28)15-29)26-27-21(30)22(31)25-14-16-5-2-1-3-6-16/h4,7-8,13,16,19H,1-3,5-6,9-12,14-15H2,(H,25,31)/t19-/m0/s1. The van der Waals surface area contributed by atoms with Crippen LogP contribution in [-0.2, 0) is 6.54 Å². The number of nitrogens with one attached hydrogen (secondary N) is 1. The molecule has 0 spiro atoms. The normalized spacial score (nSPS) is 21.7. The molecular formula is C23H29FN6O2. The van der Waals surface area contributed by atoms with Crippen molar-refractivity contribution in [2.24, 2.45) is 5.92 Å². The molecule has 1 aromatic carbocycles. The van der Waals surface area contributed by atoms with Gasteiger partial charge in [0.15, 0.2) is 5.82 Å². The SMILES string of the molecule is O=C(NCC1CCCCC1)c1nnc2n1CCN1CCN(C(=O)c3cccc(F)c3)C[C@@H]21. The molecule has 1 saturated heterocycles. The lowest BCUT2D eigenvalue weighted by molar-refractivity contribution is 0.0372. The molecule has 0 radical (unpaired) electrons. The van der Waals surface area contributed by atoms with Gasteiger partial charge in [-0.2, -0.15) is 0 Å². The molecular weight excluding hydrogens is 411 g/mol. The minimum atomic E-state index is -0.421. The number of amides is 2. The van der Waals surface area contributed by atoms with E-state index in [1.165, 1.54) is 44.2 Å². The fraction of sp³-hybridized carbons (Fsp3) is 0.565. The molecule has 8 nitrogen and oxygen atoms in total. The van der Waals surface area contributed by atoms with Crippen LogP contribution in [0.25, 0.3) is 0 Å². The highest BCUT2D eigenvalue weighted by molar-refractivity contribution is 5.94. The highest BCUT2D eigenvalue weighted by Gasteiger charge is 2.38. The Morgan fingerprint density at radius 3 is 2.69 bits per heavy atom. The molecule has 9 heteroatoms. The number of halogens is 1. The summed E-state index contributed by atoms with van der Waals surface area (Å²) in [5.41, 5.74) is 0.346. The fourth-order valence-electron chi connectivity index (χ4n) is 5.21. The Kier molecular flexibility index (Phi) is 5.91. The number of fused-ring (bicyclic) bond motifs is 3. The van der Waals surface area contributed by atoms with E-state index in [1.54, 1.807) is 17.0 Å². The zero-order valence-corrected chi connectivity index (χ0v) is 18.2. The third kappa shape index (κ3) is 4.13. The fourth-order valence-corrected chi connectivity index (χ4v) is 5.21. The molecule has 170 valence electrons. The van der Waals surface area contributed by atoms with Crippen LogP contribution in [0.2, 0.25) is 0 Å². The highest BCUT2D eigenvalue weighted by Crippen LogP contribution is 2.29. The zero-order valence-electron chi connectivity index (χ0n) is 18.2. The molecule has 2 amide bonds. The highest BCUT2D eigenvalue weighted by atomic mass is 19.1. The maximum atomic E-state index is 13.6. The second-order valence-corrected chi connectivity index (χ2v) is 9.06. The third-order valence-electron chi connectivity index (χ3n) is 7.02. The first-order chi connectivity index (χ1) is 15.6. The Morgan fingerprint density at radius 1 is 1.06 bits per heavy atom. The van der Waals surface area contributed by atoms with E-state index in [-0.39, 0.29) is 17.9 Å². The monoisotopic (exact) mass is 440 g/mol. The van der Waals surface area contributed by atoms with Crippen LogP contribution in [0.3, 0.4) is 0 Å². The lowest BCUT2D eigenvalue weighted by atomic mass is 9.89. The zero-order chi connectivity index (χ0) is 22.1. The summed E-state index contributed by atoms with van der Waals surface area (Å²) in [4.78, 5) is 29.8. The molecule has 2 fully saturated rings. The second kappa shape index (κ2) is 8.97. The van der Waals surface area contributed by atoms with Gasteiger partial charge in [-0.3, -0.25) is 14.5 Å². The number of carbonyl (C=O) groups excluding carboxylic acids is 2. The van der Waals surface area contributed by atoms with Gasteiger partial charge in [0.05, 0.1) is 6.04 Å². The van der Waals surface area contributed by atoms with Crippen molar-refractivity contribution in [2.75, 3.05) is 32.7 Å². The maximum absolute atomic E-state index is 13.6. The maximum Gasteiger partial charge on any atom is 0.289 e. The average molecular weight is 441 g/mol. The van der Waals surface area contributed by atoms with E-state index >= 15 is 0 Å². The van der Waals surface area contributed by atoms with Gasteiger partial charge in [-0.25, -0.2) is 4.39 Å². The van der Waals surface area contributed by atoms with Crippen LogP contribution in [0, 0.1) is 11.7 Å². The number of benzene rings is 1. The van der Waals surface area contributed by atoms with Gasteiger partial charge in [0.25, 0.3) is 11.8 Å². The Labute approximate surface area is 186 Å². The number of nitrogens with zero attached hydrogens (tertiary/aromatic N) is 5. The molecule has 5 rings (SSSR count). The van der Waals surface area contributed by atoms with Crippen LogP contribution < -0.4 is 5.32 Å². The van der Waals surface area contributed by atoms with E-state index in [0.717, 1.165) is 12.4 Å². The van der Waals surface area contributed by atoms with E-state index in [9.17, 15) is 14.0 Å². The van der Waals surface area contributed by atoms with E-state index < -0.39 is 5.82 Å². The topological polar surface area (TPSA) is 83.4 Å². The molecule has 1 aliphatic carbocycles. The lowest BCUT2D eigenvalue weighted by Gasteiger charge is -2.43.